The Labute approximate surface area is 194 Å². The maximum absolute atomic E-state index is 13.1. The maximum Gasteiger partial charge on any atom is 0.243 e. The zero-order valence-corrected chi connectivity index (χ0v) is 20.8. The van der Waals surface area contributed by atoms with Crippen molar-refractivity contribution in [1.29, 1.82) is 0 Å². The van der Waals surface area contributed by atoms with Crippen molar-refractivity contribution in [1.82, 2.24) is 9.21 Å². The van der Waals surface area contributed by atoms with E-state index >= 15 is 0 Å². The summed E-state index contributed by atoms with van der Waals surface area (Å²) in [6.07, 6.45) is 0. The molecule has 2 aromatic carbocycles. The zero-order chi connectivity index (χ0) is 23.5. The minimum Gasteiger partial charge on any atom is -0.493 e. The number of carbonyl (C=O) groups is 1. The van der Waals surface area contributed by atoms with Gasteiger partial charge in [0.15, 0.2) is 11.5 Å². The minimum atomic E-state index is -3.68. The van der Waals surface area contributed by atoms with Crippen molar-refractivity contribution in [3.63, 3.8) is 0 Å². The second kappa shape index (κ2) is 10.1. The van der Waals surface area contributed by atoms with E-state index in [4.69, 9.17) is 9.47 Å². The van der Waals surface area contributed by atoms with Crippen LogP contribution >= 0.6 is 11.8 Å². The summed E-state index contributed by atoms with van der Waals surface area (Å²) in [6.45, 7) is 7.45. The van der Waals surface area contributed by atoms with Gasteiger partial charge in [0.05, 0.1) is 24.9 Å². The van der Waals surface area contributed by atoms with Crippen molar-refractivity contribution < 1.29 is 22.7 Å². The molecule has 1 fully saturated rings. The van der Waals surface area contributed by atoms with Gasteiger partial charge in [0.25, 0.3) is 0 Å². The van der Waals surface area contributed by atoms with Crippen LogP contribution in [-0.2, 0) is 14.8 Å². The Kier molecular flexibility index (Phi) is 7.74. The van der Waals surface area contributed by atoms with E-state index in [9.17, 15) is 13.2 Å². The fourth-order valence-electron chi connectivity index (χ4n) is 3.92. The van der Waals surface area contributed by atoms with Gasteiger partial charge >= 0.3 is 0 Å². The fraction of sp³-hybridized carbons (Fsp3) is 0.435. The Balaban J connectivity index is 1.61. The van der Waals surface area contributed by atoms with Gasteiger partial charge in [-0.15, -0.1) is 11.8 Å². The normalized spacial score (nSPS) is 15.0. The summed E-state index contributed by atoms with van der Waals surface area (Å²) < 4.78 is 38.0. The molecule has 0 aliphatic carbocycles. The van der Waals surface area contributed by atoms with E-state index in [0.29, 0.717) is 30.3 Å². The van der Waals surface area contributed by atoms with Gasteiger partial charge in [0.2, 0.25) is 15.9 Å². The number of hydrogen-bond donors (Lipinski definition) is 0. The number of methoxy groups -OCH3 is 2. The summed E-state index contributed by atoms with van der Waals surface area (Å²) >= 11 is 1.55. The second-order valence-electron chi connectivity index (χ2n) is 7.82. The number of piperazine rings is 1. The quantitative estimate of drug-likeness (QED) is 0.569. The lowest BCUT2D eigenvalue weighted by Gasteiger charge is -2.34. The van der Waals surface area contributed by atoms with Crippen LogP contribution in [0.5, 0.6) is 11.5 Å². The first kappa shape index (κ1) is 24.4. The first-order valence-electron chi connectivity index (χ1n) is 10.4. The van der Waals surface area contributed by atoms with Crippen molar-refractivity contribution in [3.05, 3.63) is 47.0 Å². The number of sulfonamides is 1. The van der Waals surface area contributed by atoms with Crippen LogP contribution in [0.25, 0.3) is 0 Å². The molecule has 0 unspecified atom stereocenters. The molecule has 1 heterocycles. The van der Waals surface area contributed by atoms with E-state index in [1.807, 2.05) is 0 Å². The second-order valence-corrected chi connectivity index (χ2v) is 10.7. The summed E-state index contributed by atoms with van der Waals surface area (Å²) in [5.74, 6) is 1.20. The molecule has 0 bridgehead atoms. The van der Waals surface area contributed by atoms with Crippen LogP contribution in [0.3, 0.4) is 0 Å². The van der Waals surface area contributed by atoms with E-state index in [2.05, 4.69) is 32.9 Å². The Morgan fingerprint density at radius 2 is 1.53 bits per heavy atom. The fourth-order valence-corrected chi connectivity index (χ4v) is 6.39. The zero-order valence-electron chi connectivity index (χ0n) is 19.2. The first-order chi connectivity index (χ1) is 15.2. The van der Waals surface area contributed by atoms with Crippen LogP contribution < -0.4 is 9.47 Å². The highest BCUT2D eigenvalue weighted by Crippen LogP contribution is 2.31. The van der Waals surface area contributed by atoms with Crippen molar-refractivity contribution in [2.24, 2.45) is 0 Å². The molecule has 2 aromatic rings. The molecule has 1 aliphatic heterocycles. The lowest BCUT2D eigenvalue weighted by atomic mass is 10.1. The lowest BCUT2D eigenvalue weighted by molar-refractivity contribution is -0.129. The molecule has 0 spiro atoms. The monoisotopic (exact) mass is 478 g/mol. The molecule has 174 valence electrons. The minimum absolute atomic E-state index is 0.0255. The lowest BCUT2D eigenvalue weighted by Crippen LogP contribution is -2.50. The molecular formula is C23H30N2O5S2. The van der Waals surface area contributed by atoms with E-state index in [-0.39, 0.29) is 23.9 Å². The van der Waals surface area contributed by atoms with Gasteiger partial charge < -0.3 is 14.4 Å². The highest BCUT2D eigenvalue weighted by atomic mass is 32.2. The van der Waals surface area contributed by atoms with Gasteiger partial charge in [-0.2, -0.15) is 4.31 Å². The third-order valence-electron chi connectivity index (χ3n) is 5.53. The van der Waals surface area contributed by atoms with E-state index in [0.717, 1.165) is 4.90 Å². The summed E-state index contributed by atoms with van der Waals surface area (Å²) in [5.41, 5.74) is 3.56. The van der Waals surface area contributed by atoms with E-state index in [1.54, 1.807) is 22.7 Å². The van der Waals surface area contributed by atoms with Gasteiger partial charge in [-0.1, -0.05) is 17.7 Å². The molecule has 0 saturated carbocycles. The average molecular weight is 479 g/mol. The highest BCUT2D eigenvalue weighted by Gasteiger charge is 2.30. The van der Waals surface area contributed by atoms with Crippen LogP contribution in [0.1, 0.15) is 16.7 Å². The molecule has 3 rings (SSSR count). The topological polar surface area (TPSA) is 76.2 Å². The number of aryl methyl sites for hydroxylation is 3. The Bertz CT molecular complexity index is 1070. The van der Waals surface area contributed by atoms with E-state index in [1.165, 1.54) is 47.3 Å². The number of carbonyl (C=O) groups excluding carboxylic acids is 1. The smallest absolute Gasteiger partial charge is 0.243 e. The largest absolute Gasteiger partial charge is 0.493 e. The van der Waals surface area contributed by atoms with Crippen LogP contribution in [0.15, 0.2) is 40.1 Å². The SMILES string of the molecule is COc1ccc(S(=O)(=O)N2CCN(C(=O)CSc3c(C)cc(C)cc3C)CC2)cc1OC. The van der Waals surface area contributed by atoms with Crippen LogP contribution in [0.4, 0.5) is 0 Å². The summed E-state index contributed by atoms with van der Waals surface area (Å²) in [5, 5.41) is 0. The Hall–Kier alpha value is -2.23. The molecule has 7 nitrogen and oxygen atoms in total. The Morgan fingerprint density at radius 1 is 0.938 bits per heavy atom. The van der Waals surface area contributed by atoms with Gasteiger partial charge in [0.1, 0.15) is 0 Å². The third-order valence-corrected chi connectivity index (χ3v) is 8.75. The molecule has 9 heteroatoms. The predicted octanol–water partition coefficient (Wildman–Crippen LogP) is 3.25. The van der Waals surface area contributed by atoms with Crippen molar-refractivity contribution in [2.45, 2.75) is 30.6 Å². The standard InChI is InChI=1S/C23H30N2O5S2/c1-16-12-17(2)23(18(3)13-16)31-15-22(26)24-8-10-25(11-9-24)32(27,28)19-6-7-20(29-4)21(14-19)30-5/h6-7,12-14H,8-11,15H2,1-5H3. The molecular weight excluding hydrogens is 448 g/mol. The first-order valence-corrected chi connectivity index (χ1v) is 12.8. The number of amides is 1. The van der Waals surface area contributed by atoms with Crippen molar-refractivity contribution in [3.8, 4) is 11.5 Å². The molecule has 0 aromatic heterocycles. The van der Waals surface area contributed by atoms with Crippen molar-refractivity contribution >= 4 is 27.7 Å². The van der Waals surface area contributed by atoms with Gasteiger partial charge in [-0.25, -0.2) is 8.42 Å². The van der Waals surface area contributed by atoms with Gasteiger partial charge in [-0.3, -0.25) is 4.79 Å². The molecule has 0 N–H and O–H groups in total. The number of nitrogens with zero attached hydrogens (tertiary/aromatic N) is 2. The third kappa shape index (κ3) is 5.22. The van der Waals surface area contributed by atoms with Crippen molar-refractivity contribution in [2.75, 3.05) is 46.2 Å². The van der Waals surface area contributed by atoms with Crippen LogP contribution in [-0.4, -0.2) is 69.7 Å². The molecule has 32 heavy (non-hydrogen) atoms. The summed E-state index contributed by atoms with van der Waals surface area (Å²) in [6, 6.07) is 8.80. The molecule has 0 radical (unpaired) electrons. The van der Waals surface area contributed by atoms with Gasteiger partial charge in [0, 0.05) is 37.1 Å². The molecule has 0 atom stereocenters. The number of rotatable bonds is 7. The molecule has 1 aliphatic rings. The highest BCUT2D eigenvalue weighted by molar-refractivity contribution is 8.00. The number of benzene rings is 2. The number of ether oxygens (including phenoxy) is 2. The number of hydrogen-bond acceptors (Lipinski definition) is 6. The van der Waals surface area contributed by atoms with E-state index < -0.39 is 10.0 Å². The number of thioether (sulfide) groups is 1. The summed E-state index contributed by atoms with van der Waals surface area (Å²) in [7, 11) is -0.714. The molecule has 1 saturated heterocycles. The Morgan fingerprint density at radius 3 is 2.09 bits per heavy atom. The average Bonchev–Trinajstić information content (AvgIpc) is 2.77. The molecule has 1 amide bonds. The van der Waals surface area contributed by atoms with Crippen LogP contribution in [0, 0.1) is 20.8 Å². The maximum atomic E-state index is 13.1. The van der Waals surface area contributed by atoms with Crippen LogP contribution in [0.2, 0.25) is 0 Å². The summed E-state index contributed by atoms with van der Waals surface area (Å²) in [4.78, 5) is 15.8. The predicted molar refractivity (Wildman–Crippen MR) is 126 cm³/mol. The van der Waals surface area contributed by atoms with Gasteiger partial charge in [-0.05, 0) is 44.0 Å².